The van der Waals surface area contributed by atoms with Gasteiger partial charge in [0.25, 0.3) is 0 Å². The Morgan fingerprint density at radius 2 is 1.81 bits per heavy atom. The van der Waals surface area contributed by atoms with Crippen LogP contribution in [0.4, 0.5) is 23.2 Å². The van der Waals surface area contributed by atoms with Gasteiger partial charge in [0.05, 0.1) is 25.3 Å². The molecule has 0 aliphatic carbocycles. The summed E-state index contributed by atoms with van der Waals surface area (Å²) >= 11 is -1.56. The van der Waals surface area contributed by atoms with Crippen LogP contribution in [0.15, 0.2) is 52.9 Å². The average Bonchev–Trinajstić information content (AvgIpc) is 3.30. The van der Waals surface area contributed by atoms with E-state index in [0.29, 0.717) is 31.9 Å². The molecule has 0 radical (unpaired) electrons. The van der Waals surface area contributed by atoms with Crippen molar-refractivity contribution in [1.29, 1.82) is 0 Å². The first kappa shape index (κ1) is 22.5. The monoisotopic (exact) mass is 469 g/mol. The van der Waals surface area contributed by atoms with Crippen molar-refractivity contribution in [1.82, 2.24) is 19.8 Å². The third kappa shape index (κ3) is 5.04. The predicted molar refractivity (Wildman–Crippen MR) is 110 cm³/mol. The third-order valence-electron chi connectivity index (χ3n) is 4.81. The lowest BCUT2D eigenvalue weighted by atomic mass is 10.1. The topological polar surface area (TPSA) is 80.5 Å². The van der Waals surface area contributed by atoms with Gasteiger partial charge in [-0.3, -0.25) is 0 Å². The highest BCUT2D eigenvalue weighted by molar-refractivity contribution is 7.90. The lowest BCUT2D eigenvalue weighted by Gasteiger charge is -2.34. The minimum Gasteiger partial charge on any atom is -0.573 e. The summed E-state index contributed by atoms with van der Waals surface area (Å²) in [5, 5.41) is 9.50. The van der Waals surface area contributed by atoms with Gasteiger partial charge in [0.15, 0.2) is 11.5 Å². The minimum absolute atomic E-state index is 0.00962. The van der Waals surface area contributed by atoms with Crippen LogP contribution in [0.5, 0.6) is 0 Å². The van der Waals surface area contributed by atoms with E-state index in [1.807, 2.05) is 6.07 Å². The van der Waals surface area contributed by atoms with Crippen LogP contribution in [0.2, 0.25) is 0 Å². The first-order chi connectivity index (χ1) is 15.3. The van der Waals surface area contributed by atoms with Crippen LogP contribution in [0.25, 0.3) is 11.5 Å². The molecule has 1 aliphatic rings. The van der Waals surface area contributed by atoms with Gasteiger partial charge in [-0.15, -0.1) is 14.5 Å². The van der Waals surface area contributed by atoms with E-state index in [0.717, 1.165) is 6.07 Å². The first-order valence-electron chi connectivity index (χ1n) is 9.72. The highest BCUT2D eigenvalue weighted by Crippen LogP contribution is 2.31. The van der Waals surface area contributed by atoms with Gasteiger partial charge in [-0.1, -0.05) is 24.3 Å². The molecule has 1 unspecified atom stereocenters. The molecule has 2 aromatic carbocycles. The Hall–Kier alpha value is -2.67. The number of alkyl halides is 3. The fourth-order valence-corrected chi connectivity index (χ4v) is 4.51. The van der Waals surface area contributed by atoms with Gasteiger partial charge < -0.3 is 14.3 Å². The van der Waals surface area contributed by atoms with Gasteiger partial charge in [0, 0.05) is 24.2 Å². The fourth-order valence-electron chi connectivity index (χ4n) is 3.19. The molecule has 32 heavy (non-hydrogen) atoms. The molecule has 1 N–H and O–H groups in total. The number of rotatable bonds is 6. The second-order valence-corrected chi connectivity index (χ2v) is 8.42. The number of aromatic nitrogens is 2. The number of nitrogens with one attached hydrogen (secondary N) is 1. The van der Waals surface area contributed by atoms with E-state index in [1.54, 1.807) is 32.9 Å². The maximum Gasteiger partial charge on any atom is 0.470 e. The Labute approximate surface area is 184 Å². The number of halogens is 4. The third-order valence-corrected chi connectivity index (χ3v) is 6.33. The zero-order chi connectivity index (χ0) is 22.7. The van der Waals surface area contributed by atoms with E-state index in [-0.39, 0.29) is 17.7 Å². The molecular weight excluding hydrogens is 450 g/mol. The number of benzene rings is 2. The van der Waals surface area contributed by atoms with Crippen LogP contribution in [0.1, 0.15) is 11.5 Å². The molecular formula is C20H19F4N5O2S. The van der Waals surface area contributed by atoms with Crippen molar-refractivity contribution in [3.05, 3.63) is 65.8 Å². The molecule has 0 bridgehead atoms. The summed E-state index contributed by atoms with van der Waals surface area (Å²) in [6, 6.07) is 12.8. The van der Waals surface area contributed by atoms with Gasteiger partial charge in [-0.25, -0.2) is 4.39 Å². The highest BCUT2D eigenvalue weighted by atomic mass is 32.2. The van der Waals surface area contributed by atoms with Gasteiger partial charge in [-0.05, 0) is 24.3 Å². The van der Waals surface area contributed by atoms with Crippen molar-refractivity contribution in [3.63, 3.8) is 0 Å². The van der Waals surface area contributed by atoms with Crippen LogP contribution in [0, 0.1) is 5.82 Å². The van der Waals surface area contributed by atoms with Gasteiger partial charge >= 0.3 is 12.1 Å². The van der Waals surface area contributed by atoms with E-state index < -0.39 is 35.3 Å². The van der Waals surface area contributed by atoms with E-state index in [9.17, 15) is 22.1 Å². The molecule has 1 fully saturated rings. The molecule has 12 heteroatoms. The van der Waals surface area contributed by atoms with Crippen LogP contribution < -0.4 is 9.62 Å². The molecule has 1 aliphatic heterocycles. The predicted octanol–water partition coefficient (Wildman–Crippen LogP) is 3.39. The number of anilines is 1. The first-order valence-corrected chi connectivity index (χ1v) is 10.8. The standard InChI is InChI=1S/C20H19F4N5O2S/c21-17-12-14(18-26-27-19(31-18)20(22,23)24)6-7-15(17)13-29(16-4-2-1-3-5-16)32(30)28-10-8-25-9-11-28/h1-7,12,25H,8-11,13H2. The quantitative estimate of drug-likeness (QED) is 0.438. The Kier molecular flexibility index (Phi) is 6.65. The molecule has 4 rings (SSSR count). The zero-order valence-corrected chi connectivity index (χ0v) is 17.5. The number of hydrogen-bond donors (Lipinski definition) is 1. The Bertz CT molecular complexity index is 1040. The maximum absolute atomic E-state index is 14.9. The molecule has 1 atom stereocenters. The molecule has 1 aromatic heterocycles. The highest BCUT2D eigenvalue weighted by Gasteiger charge is 2.38. The Morgan fingerprint density at radius 1 is 1.09 bits per heavy atom. The van der Waals surface area contributed by atoms with Gasteiger partial charge in [-0.2, -0.15) is 17.5 Å². The van der Waals surface area contributed by atoms with Crippen molar-refractivity contribution < 1.29 is 26.5 Å². The van der Waals surface area contributed by atoms with Crippen molar-refractivity contribution >= 4 is 17.2 Å². The largest absolute Gasteiger partial charge is 0.573 e. The summed E-state index contributed by atoms with van der Waals surface area (Å²) in [6.45, 7) is 2.54. The fraction of sp³-hybridized carbons (Fsp3) is 0.300. The number of hydrogen-bond acceptors (Lipinski definition) is 7. The van der Waals surface area contributed by atoms with Crippen LogP contribution in [-0.4, -0.2) is 45.2 Å². The minimum atomic E-state index is -4.78. The summed E-state index contributed by atoms with van der Waals surface area (Å²) in [7, 11) is 0. The van der Waals surface area contributed by atoms with Crippen molar-refractivity contribution in [2.24, 2.45) is 0 Å². The number of para-hydroxylation sites is 1. The summed E-state index contributed by atoms with van der Waals surface area (Å²) < 4.78 is 74.2. The molecule has 3 aromatic rings. The van der Waals surface area contributed by atoms with E-state index >= 15 is 0 Å². The number of nitrogens with zero attached hydrogens (tertiary/aromatic N) is 4. The van der Waals surface area contributed by atoms with Crippen molar-refractivity contribution in [3.8, 4) is 11.5 Å². The smallest absolute Gasteiger partial charge is 0.470 e. The zero-order valence-electron chi connectivity index (χ0n) is 16.7. The summed E-state index contributed by atoms with van der Waals surface area (Å²) in [6.07, 6.45) is -4.78. The van der Waals surface area contributed by atoms with Crippen LogP contribution in [0.3, 0.4) is 0 Å². The van der Waals surface area contributed by atoms with Crippen LogP contribution in [-0.2, 0) is 24.3 Å². The molecule has 170 valence electrons. The number of piperazine rings is 1. The molecule has 7 nitrogen and oxygen atoms in total. The second kappa shape index (κ2) is 9.45. The van der Waals surface area contributed by atoms with Crippen molar-refractivity contribution in [2.45, 2.75) is 12.7 Å². The molecule has 0 saturated carbocycles. The summed E-state index contributed by atoms with van der Waals surface area (Å²) in [4.78, 5) is 0. The normalized spacial score (nSPS) is 16.2. The SMILES string of the molecule is [O-][S+](N1CCNCC1)N(Cc1ccc(-c2nnc(C(F)(F)F)o2)cc1F)c1ccccc1. The van der Waals surface area contributed by atoms with E-state index in [4.69, 9.17) is 0 Å². The van der Waals surface area contributed by atoms with Gasteiger partial charge in [0.2, 0.25) is 5.89 Å². The summed E-state index contributed by atoms with van der Waals surface area (Å²) in [5.74, 6) is -2.63. The van der Waals surface area contributed by atoms with Crippen molar-refractivity contribution in [2.75, 3.05) is 30.5 Å². The maximum atomic E-state index is 14.9. The molecule has 1 saturated heterocycles. The molecule has 0 spiro atoms. The van der Waals surface area contributed by atoms with Crippen LogP contribution >= 0.6 is 0 Å². The van der Waals surface area contributed by atoms with E-state index in [2.05, 4.69) is 19.9 Å². The summed E-state index contributed by atoms with van der Waals surface area (Å²) in [5.41, 5.74) is 0.889. The molecule has 2 heterocycles. The Balaban J connectivity index is 1.59. The van der Waals surface area contributed by atoms with Gasteiger partial charge in [0.1, 0.15) is 5.82 Å². The lowest BCUT2D eigenvalue weighted by molar-refractivity contribution is -0.156. The average molecular weight is 469 g/mol. The molecule has 0 amide bonds. The lowest BCUT2D eigenvalue weighted by Crippen LogP contribution is -2.51. The van der Waals surface area contributed by atoms with E-state index in [1.165, 1.54) is 12.1 Å². The second-order valence-electron chi connectivity index (χ2n) is 7.00. The Morgan fingerprint density at radius 3 is 2.44 bits per heavy atom.